The first kappa shape index (κ1) is 15.0. The zero-order valence-corrected chi connectivity index (χ0v) is 13.1. The van der Waals surface area contributed by atoms with Crippen LogP contribution in [0.15, 0.2) is 24.3 Å². The number of hydrogen-bond acceptors (Lipinski definition) is 2. The molecule has 0 unspecified atom stereocenters. The van der Waals surface area contributed by atoms with Crippen LogP contribution in [0.2, 0.25) is 0 Å². The van der Waals surface area contributed by atoms with E-state index in [1.165, 1.54) is 44.8 Å². The molecule has 2 fully saturated rings. The van der Waals surface area contributed by atoms with Gasteiger partial charge in [0.15, 0.2) is 0 Å². The first-order valence-corrected chi connectivity index (χ1v) is 8.41. The second kappa shape index (κ2) is 6.89. The molecule has 0 aromatic heterocycles. The summed E-state index contributed by atoms with van der Waals surface area (Å²) in [6.07, 6.45) is 5.57. The van der Waals surface area contributed by atoms with Gasteiger partial charge >= 0.3 is 0 Å². The summed E-state index contributed by atoms with van der Waals surface area (Å²) in [6, 6.07) is 7.83. The monoisotopic (exact) mass is 290 g/mol. The van der Waals surface area contributed by atoms with Crippen molar-refractivity contribution < 1.29 is 4.39 Å². The summed E-state index contributed by atoms with van der Waals surface area (Å²) in [5.74, 6) is 0.774. The molecule has 0 radical (unpaired) electrons. The van der Waals surface area contributed by atoms with Crippen molar-refractivity contribution in [3.63, 3.8) is 0 Å². The number of halogens is 1. The minimum absolute atomic E-state index is 0.123. The molecule has 3 heteroatoms. The highest BCUT2D eigenvalue weighted by atomic mass is 19.1. The Labute approximate surface area is 127 Å². The van der Waals surface area contributed by atoms with Crippen molar-refractivity contribution in [2.24, 2.45) is 5.92 Å². The van der Waals surface area contributed by atoms with Crippen LogP contribution in [0, 0.1) is 11.7 Å². The molecule has 2 aliphatic rings. The Bertz CT molecular complexity index is 454. The zero-order valence-electron chi connectivity index (χ0n) is 13.1. The lowest BCUT2D eigenvalue weighted by molar-refractivity contribution is 0.0659. The maximum atomic E-state index is 13.2. The molecule has 1 saturated heterocycles. The standard InChI is InChI=1S/C18H27FN2/c1-15-4-2-7-18(12-15)21-10-8-20(9-11-21)14-16-5-3-6-17(19)13-16/h3,5-6,13,15,18H,2,4,7-12,14H2,1H3/t15-,18-/m0/s1. The van der Waals surface area contributed by atoms with Crippen molar-refractivity contribution in [3.05, 3.63) is 35.6 Å². The normalized spacial score (nSPS) is 28.7. The zero-order chi connectivity index (χ0) is 14.7. The molecule has 2 atom stereocenters. The largest absolute Gasteiger partial charge is 0.298 e. The van der Waals surface area contributed by atoms with Crippen molar-refractivity contribution in [2.45, 2.75) is 45.2 Å². The minimum Gasteiger partial charge on any atom is -0.298 e. The Morgan fingerprint density at radius 3 is 2.67 bits per heavy atom. The van der Waals surface area contributed by atoms with E-state index in [0.717, 1.165) is 37.2 Å². The fourth-order valence-electron chi connectivity index (χ4n) is 3.91. The van der Waals surface area contributed by atoms with E-state index < -0.39 is 0 Å². The molecule has 1 heterocycles. The van der Waals surface area contributed by atoms with E-state index in [1.807, 2.05) is 12.1 Å². The highest BCUT2D eigenvalue weighted by Crippen LogP contribution is 2.28. The third-order valence-electron chi connectivity index (χ3n) is 5.13. The maximum absolute atomic E-state index is 13.2. The third kappa shape index (κ3) is 4.04. The molecular formula is C18H27FN2. The van der Waals surface area contributed by atoms with Crippen LogP contribution in [-0.4, -0.2) is 42.0 Å². The molecule has 2 nitrogen and oxygen atoms in total. The lowest BCUT2D eigenvalue weighted by Crippen LogP contribution is -2.50. The lowest BCUT2D eigenvalue weighted by atomic mass is 9.86. The molecule has 1 aliphatic carbocycles. The average molecular weight is 290 g/mol. The molecule has 1 aliphatic heterocycles. The summed E-state index contributed by atoms with van der Waals surface area (Å²) in [5, 5.41) is 0. The molecule has 0 amide bonds. The van der Waals surface area contributed by atoms with Gasteiger partial charge in [-0.1, -0.05) is 31.9 Å². The average Bonchev–Trinajstić information content (AvgIpc) is 2.48. The fraction of sp³-hybridized carbons (Fsp3) is 0.667. The number of rotatable bonds is 3. The summed E-state index contributed by atoms with van der Waals surface area (Å²) in [7, 11) is 0. The molecule has 1 aromatic carbocycles. The first-order valence-electron chi connectivity index (χ1n) is 8.41. The van der Waals surface area contributed by atoms with Gasteiger partial charge < -0.3 is 0 Å². The SMILES string of the molecule is C[C@H]1CCC[C@H](N2CCN(Cc3cccc(F)c3)CC2)C1. The van der Waals surface area contributed by atoms with Gasteiger partial charge in [-0.15, -0.1) is 0 Å². The molecule has 1 aromatic rings. The van der Waals surface area contributed by atoms with E-state index in [4.69, 9.17) is 0 Å². The van der Waals surface area contributed by atoms with Crippen molar-refractivity contribution in [1.82, 2.24) is 9.80 Å². The Kier molecular flexibility index (Phi) is 4.91. The Morgan fingerprint density at radius 2 is 1.95 bits per heavy atom. The molecule has 0 bridgehead atoms. The van der Waals surface area contributed by atoms with E-state index in [-0.39, 0.29) is 5.82 Å². The highest BCUT2D eigenvalue weighted by Gasteiger charge is 2.27. The quantitative estimate of drug-likeness (QED) is 0.840. The van der Waals surface area contributed by atoms with Crippen LogP contribution in [0.1, 0.15) is 38.2 Å². The Hall–Kier alpha value is -0.930. The summed E-state index contributed by atoms with van der Waals surface area (Å²) in [6.45, 7) is 7.85. The van der Waals surface area contributed by atoms with Gasteiger partial charge in [-0.2, -0.15) is 0 Å². The highest BCUT2D eigenvalue weighted by molar-refractivity contribution is 5.16. The summed E-state index contributed by atoms with van der Waals surface area (Å²) in [5.41, 5.74) is 1.09. The van der Waals surface area contributed by atoms with E-state index >= 15 is 0 Å². The molecule has 0 spiro atoms. The predicted octanol–water partition coefficient (Wildman–Crippen LogP) is 3.52. The van der Waals surface area contributed by atoms with Crippen LogP contribution in [0.4, 0.5) is 4.39 Å². The number of piperazine rings is 1. The minimum atomic E-state index is -0.123. The molecule has 3 rings (SSSR count). The lowest BCUT2D eigenvalue weighted by Gasteiger charge is -2.42. The Balaban J connectivity index is 1.48. The van der Waals surface area contributed by atoms with Crippen LogP contribution in [0.3, 0.4) is 0 Å². The molecule has 0 N–H and O–H groups in total. The Morgan fingerprint density at radius 1 is 1.14 bits per heavy atom. The smallest absolute Gasteiger partial charge is 0.123 e. The first-order chi connectivity index (χ1) is 10.2. The van der Waals surface area contributed by atoms with Gasteiger partial charge in [-0.25, -0.2) is 4.39 Å². The van der Waals surface area contributed by atoms with E-state index in [1.54, 1.807) is 6.07 Å². The molecular weight excluding hydrogens is 263 g/mol. The van der Waals surface area contributed by atoms with E-state index in [0.29, 0.717) is 0 Å². The summed E-state index contributed by atoms with van der Waals surface area (Å²) < 4.78 is 13.2. The summed E-state index contributed by atoms with van der Waals surface area (Å²) in [4.78, 5) is 5.15. The van der Waals surface area contributed by atoms with Crippen LogP contribution in [0.25, 0.3) is 0 Å². The topological polar surface area (TPSA) is 6.48 Å². The third-order valence-corrected chi connectivity index (χ3v) is 5.13. The van der Waals surface area contributed by atoms with Gasteiger partial charge in [0.2, 0.25) is 0 Å². The van der Waals surface area contributed by atoms with Crippen molar-refractivity contribution >= 4 is 0 Å². The van der Waals surface area contributed by atoms with Gasteiger partial charge in [0.1, 0.15) is 5.82 Å². The molecule has 116 valence electrons. The predicted molar refractivity (Wildman–Crippen MR) is 84.7 cm³/mol. The second-order valence-corrected chi connectivity index (χ2v) is 6.87. The van der Waals surface area contributed by atoms with E-state index in [9.17, 15) is 4.39 Å². The van der Waals surface area contributed by atoms with Crippen molar-refractivity contribution in [3.8, 4) is 0 Å². The van der Waals surface area contributed by atoms with Crippen LogP contribution >= 0.6 is 0 Å². The number of hydrogen-bond donors (Lipinski definition) is 0. The van der Waals surface area contributed by atoms with Crippen LogP contribution in [0.5, 0.6) is 0 Å². The van der Waals surface area contributed by atoms with Crippen LogP contribution < -0.4 is 0 Å². The van der Waals surface area contributed by atoms with E-state index in [2.05, 4.69) is 16.7 Å². The van der Waals surface area contributed by atoms with Gasteiger partial charge in [0, 0.05) is 38.8 Å². The maximum Gasteiger partial charge on any atom is 0.123 e. The molecule has 21 heavy (non-hydrogen) atoms. The van der Waals surface area contributed by atoms with Gasteiger partial charge in [0.25, 0.3) is 0 Å². The van der Waals surface area contributed by atoms with Crippen LogP contribution in [-0.2, 0) is 6.54 Å². The second-order valence-electron chi connectivity index (χ2n) is 6.87. The van der Waals surface area contributed by atoms with Gasteiger partial charge in [0.05, 0.1) is 0 Å². The fourth-order valence-corrected chi connectivity index (χ4v) is 3.91. The summed E-state index contributed by atoms with van der Waals surface area (Å²) >= 11 is 0. The van der Waals surface area contributed by atoms with Crippen molar-refractivity contribution in [1.29, 1.82) is 0 Å². The van der Waals surface area contributed by atoms with Gasteiger partial charge in [-0.3, -0.25) is 9.80 Å². The van der Waals surface area contributed by atoms with Crippen molar-refractivity contribution in [2.75, 3.05) is 26.2 Å². The van der Waals surface area contributed by atoms with Gasteiger partial charge in [-0.05, 0) is 36.5 Å². The molecule has 1 saturated carbocycles. The number of benzene rings is 1. The number of nitrogens with zero attached hydrogens (tertiary/aromatic N) is 2.